The maximum Gasteiger partial charge on any atom is 0.272 e. The standard InChI is InChI=1S/C9H13N3O2S/c13-8-3-1-2-6(8)4-10-9(14)7-5-11-15-12-7/h5-6,8,13H,1-4H2,(H,10,14). The third-order valence-electron chi connectivity index (χ3n) is 2.74. The molecule has 6 heteroatoms. The lowest BCUT2D eigenvalue weighted by Gasteiger charge is -2.14. The monoisotopic (exact) mass is 227 g/mol. The average molecular weight is 227 g/mol. The summed E-state index contributed by atoms with van der Waals surface area (Å²) >= 11 is 1.02. The maximum atomic E-state index is 11.5. The summed E-state index contributed by atoms with van der Waals surface area (Å²) in [4.78, 5) is 11.5. The van der Waals surface area contributed by atoms with Gasteiger partial charge in [0.05, 0.1) is 24.0 Å². The molecule has 0 aliphatic heterocycles. The van der Waals surface area contributed by atoms with E-state index in [1.54, 1.807) is 0 Å². The number of hydrogen-bond acceptors (Lipinski definition) is 5. The molecule has 82 valence electrons. The van der Waals surface area contributed by atoms with Crippen molar-refractivity contribution < 1.29 is 9.90 Å². The number of nitrogens with one attached hydrogen (secondary N) is 1. The molecule has 2 atom stereocenters. The molecule has 2 rings (SSSR count). The van der Waals surface area contributed by atoms with Crippen LogP contribution in [0.4, 0.5) is 0 Å². The Morgan fingerprint density at radius 2 is 2.53 bits per heavy atom. The number of amides is 1. The van der Waals surface area contributed by atoms with Gasteiger partial charge in [-0.1, -0.05) is 6.42 Å². The smallest absolute Gasteiger partial charge is 0.272 e. The second-order valence-electron chi connectivity index (χ2n) is 3.76. The molecule has 1 amide bonds. The van der Waals surface area contributed by atoms with E-state index >= 15 is 0 Å². The molecule has 15 heavy (non-hydrogen) atoms. The lowest BCUT2D eigenvalue weighted by molar-refractivity contribution is 0.0913. The molecule has 0 spiro atoms. The first-order chi connectivity index (χ1) is 7.27. The van der Waals surface area contributed by atoms with Gasteiger partial charge in [-0.3, -0.25) is 4.79 Å². The van der Waals surface area contributed by atoms with Crippen molar-refractivity contribution >= 4 is 17.6 Å². The topological polar surface area (TPSA) is 75.1 Å². The number of aromatic nitrogens is 2. The molecule has 1 saturated carbocycles. The van der Waals surface area contributed by atoms with Gasteiger partial charge in [0.25, 0.3) is 5.91 Å². The summed E-state index contributed by atoms with van der Waals surface area (Å²) in [5.74, 6) is -0.0107. The van der Waals surface area contributed by atoms with E-state index in [0.717, 1.165) is 31.0 Å². The fourth-order valence-electron chi connectivity index (χ4n) is 1.83. The molecule has 1 fully saturated rings. The minimum Gasteiger partial charge on any atom is -0.393 e. The Kier molecular flexibility index (Phi) is 3.27. The highest BCUT2D eigenvalue weighted by atomic mass is 32.1. The van der Waals surface area contributed by atoms with Gasteiger partial charge in [0, 0.05) is 12.5 Å². The van der Waals surface area contributed by atoms with Crippen molar-refractivity contribution in [1.82, 2.24) is 14.1 Å². The van der Waals surface area contributed by atoms with Gasteiger partial charge in [-0.05, 0) is 12.8 Å². The highest BCUT2D eigenvalue weighted by Crippen LogP contribution is 2.24. The first kappa shape index (κ1) is 10.5. The minimum atomic E-state index is -0.265. The van der Waals surface area contributed by atoms with E-state index < -0.39 is 0 Å². The Bertz CT molecular complexity index is 328. The molecule has 0 bridgehead atoms. The summed E-state index contributed by atoms with van der Waals surface area (Å²) in [6, 6.07) is 0. The van der Waals surface area contributed by atoms with Crippen LogP contribution in [-0.2, 0) is 0 Å². The van der Waals surface area contributed by atoms with Crippen molar-refractivity contribution in [2.24, 2.45) is 5.92 Å². The van der Waals surface area contributed by atoms with Crippen molar-refractivity contribution in [3.05, 3.63) is 11.9 Å². The van der Waals surface area contributed by atoms with E-state index in [0.29, 0.717) is 12.2 Å². The number of nitrogens with zero attached hydrogens (tertiary/aromatic N) is 2. The lowest BCUT2D eigenvalue weighted by atomic mass is 10.1. The van der Waals surface area contributed by atoms with Gasteiger partial charge in [0.2, 0.25) is 0 Å². The number of carbonyl (C=O) groups excluding carboxylic acids is 1. The lowest BCUT2D eigenvalue weighted by Crippen LogP contribution is -2.32. The Labute approximate surface area is 91.8 Å². The van der Waals surface area contributed by atoms with Gasteiger partial charge in [0.15, 0.2) is 5.69 Å². The number of rotatable bonds is 3. The molecule has 1 aromatic rings. The second-order valence-corrected chi connectivity index (χ2v) is 4.32. The van der Waals surface area contributed by atoms with Gasteiger partial charge < -0.3 is 10.4 Å². The maximum absolute atomic E-state index is 11.5. The van der Waals surface area contributed by atoms with Crippen molar-refractivity contribution in [3.8, 4) is 0 Å². The van der Waals surface area contributed by atoms with E-state index in [9.17, 15) is 9.90 Å². The Hall–Kier alpha value is -1.01. The normalized spacial score (nSPS) is 25.4. The first-order valence-electron chi connectivity index (χ1n) is 5.01. The predicted octanol–water partition coefficient (Wildman–Crippen LogP) is 0.429. The average Bonchev–Trinajstić information content (AvgIpc) is 2.85. The Morgan fingerprint density at radius 1 is 1.67 bits per heavy atom. The van der Waals surface area contributed by atoms with E-state index in [-0.39, 0.29) is 17.9 Å². The van der Waals surface area contributed by atoms with E-state index in [2.05, 4.69) is 14.1 Å². The predicted molar refractivity (Wildman–Crippen MR) is 55.6 cm³/mol. The molecule has 2 unspecified atom stereocenters. The number of aliphatic hydroxyl groups is 1. The van der Waals surface area contributed by atoms with Crippen LogP contribution in [-0.4, -0.2) is 32.4 Å². The minimum absolute atomic E-state index is 0.195. The highest BCUT2D eigenvalue weighted by Gasteiger charge is 2.25. The quantitative estimate of drug-likeness (QED) is 0.785. The molecular formula is C9H13N3O2S. The van der Waals surface area contributed by atoms with Crippen LogP contribution < -0.4 is 5.32 Å². The van der Waals surface area contributed by atoms with E-state index in [1.807, 2.05) is 0 Å². The van der Waals surface area contributed by atoms with Gasteiger partial charge in [-0.25, -0.2) is 0 Å². The summed E-state index contributed by atoms with van der Waals surface area (Å²) in [5, 5.41) is 12.3. The van der Waals surface area contributed by atoms with Crippen LogP contribution in [0.15, 0.2) is 6.20 Å². The van der Waals surface area contributed by atoms with Crippen LogP contribution >= 0.6 is 11.7 Å². The fourth-order valence-corrected chi connectivity index (χ4v) is 2.25. The zero-order valence-corrected chi connectivity index (χ0v) is 9.04. The van der Waals surface area contributed by atoms with Gasteiger partial charge in [0.1, 0.15) is 0 Å². The van der Waals surface area contributed by atoms with Gasteiger partial charge in [-0.15, -0.1) is 0 Å². The van der Waals surface area contributed by atoms with E-state index in [1.165, 1.54) is 6.20 Å². The zero-order valence-electron chi connectivity index (χ0n) is 8.22. The summed E-state index contributed by atoms with van der Waals surface area (Å²) in [6.07, 6.45) is 4.06. The molecule has 0 radical (unpaired) electrons. The summed E-state index contributed by atoms with van der Waals surface area (Å²) in [7, 11) is 0. The molecule has 5 nitrogen and oxygen atoms in total. The van der Waals surface area contributed by atoms with Crippen LogP contribution in [0.25, 0.3) is 0 Å². The molecule has 1 aromatic heterocycles. The largest absolute Gasteiger partial charge is 0.393 e. The van der Waals surface area contributed by atoms with Crippen molar-refractivity contribution in [3.63, 3.8) is 0 Å². The first-order valence-corrected chi connectivity index (χ1v) is 5.74. The molecule has 1 aliphatic carbocycles. The summed E-state index contributed by atoms with van der Waals surface area (Å²) < 4.78 is 7.59. The van der Waals surface area contributed by atoms with Crippen LogP contribution in [0, 0.1) is 5.92 Å². The van der Waals surface area contributed by atoms with Crippen LogP contribution in [0.3, 0.4) is 0 Å². The molecule has 0 saturated heterocycles. The highest BCUT2D eigenvalue weighted by molar-refractivity contribution is 6.99. The van der Waals surface area contributed by atoms with Gasteiger partial charge in [-0.2, -0.15) is 8.75 Å². The van der Waals surface area contributed by atoms with Crippen molar-refractivity contribution in [1.29, 1.82) is 0 Å². The number of aliphatic hydroxyl groups excluding tert-OH is 1. The molecule has 2 N–H and O–H groups in total. The zero-order chi connectivity index (χ0) is 10.7. The number of carbonyl (C=O) groups is 1. The van der Waals surface area contributed by atoms with Crippen molar-refractivity contribution in [2.75, 3.05) is 6.54 Å². The molecule has 1 heterocycles. The number of hydrogen-bond donors (Lipinski definition) is 2. The van der Waals surface area contributed by atoms with Gasteiger partial charge >= 0.3 is 0 Å². The second kappa shape index (κ2) is 4.67. The summed E-state index contributed by atoms with van der Waals surface area (Å²) in [5.41, 5.74) is 0.354. The van der Waals surface area contributed by atoms with Crippen molar-refractivity contribution in [2.45, 2.75) is 25.4 Å². The van der Waals surface area contributed by atoms with Crippen LogP contribution in [0.5, 0.6) is 0 Å². The van der Waals surface area contributed by atoms with Crippen LogP contribution in [0.2, 0.25) is 0 Å². The molecule has 1 aliphatic rings. The third kappa shape index (κ3) is 2.51. The SMILES string of the molecule is O=C(NCC1CCCC1O)c1cnsn1. The molecule has 0 aromatic carbocycles. The van der Waals surface area contributed by atoms with E-state index in [4.69, 9.17) is 0 Å². The Balaban J connectivity index is 1.81. The summed E-state index contributed by atoms with van der Waals surface area (Å²) in [6.45, 7) is 0.525. The van der Waals surface area contributed by atoms with Crippen LogP contribution in [0.1, 0.15) is 29.8 Å². The third-order valence-corrected chi connectivity index (χ3v) is 3.22. The molecular weight excluding hydrogens is 214 g/mol. The Morgan fingerprint density at radius 3 is 3.13 bits per heavy atom. The fraction of sp³-hybridized carbons (Fsp3) is 0.667.